The Morgan fingerprint density at radius 3 is 2.25 bits per heavy atom. The largest absolute Gasteiger partial charge is 0.494 e. The second-order valence-electron chi connectivity index (χ2n) is 8.78. The van der Waals surface area contributed by atoms with E-state index in [0.717, 1.165) is 5.46 Å². The van der Waals surface area contributed by atoms with Gasteiger partial charge in [-0.25, -0.2) is 4.79 Å². The molecule has 1 aliphatic heterocycles. The van der Waals surface area contributed by atoms with Gasteiger partial charge in [0.1, 0.15) is 12.2 Å². The van der Waals surface area contributed by atoms with E-state index < -0.39 is 30.0 Å². The Kier molecular flexibility index (Phi) is 6.56. The van der Waals surface area contributed by atoms with E-state index >= 15 is 0 Å². The number of hydrogen-bond acceptors (Lipinski definition) is 6. The van der Waals surface area contributed by atoms with Gasteiger partial charge in [-0.05, 0) is 66.1 Å². The van der Waals surface area contributed by atoms with Crippen LogP contribution in [-0.4, -0.2) is 50.3 Å². The van der Waals surface area contributed by atoms with Crippen LogP contribution in [0.3, 0.4) is 0 Å². The molecular weight excluding hydrogens is 361 g/mol. The Morgan fingerprint density at radius 2 is 1.71 bits per heavy atom. The summed E-state index contributed by atoms with van der Waals surface area (Å²) in [5.41, 5.74) is -0.536. The SMILES string of the molecule is COc1ccc(B2OC(C)(C)C(C)(C)O2)cc1OCCNC(=O)OC(C)(C)C. The summed E-state index contributed by atoms with van der Waals surface area (Å²) >= 11 is 0. The number of benzene rings is 1. The van der Waals surface area contributed by atoms with Crippen LogP contribution in [0.15, 0.2) is 18.2 Å². The number of rotatable bonds is 6. The van der Waals surface area contributed by atoms with Crippen molar-refractivity contribution in [1.29, 1.82) is 0 Å². The quantitative estimate of drug-likeness (QED) is 0.592. The number of amides is 1. The van der Waals surface area contributed by atoms with Crippen molar-refractivity contribution in [3.63, 3.8) is 0 Å². The lowest BCUT2D eigenvalue weighted by Crippen LogP contribution is -2.41. The number of ether oxygens (including phenoxy) is 3. The van der Waals surface area contributed by atoms with Gasteiger partial charge in [0.2, 0.25) is 0 Å². The molecule has 0 saturated carbocycles. The molecule has 1 fully saturated rings. The maximum Gasteiger partial charge on any atom is 0.494 e. The van der Waals surface area contributed by atoms with E-state index in [0.29, 0.717) is 18.0 Å². The first kappa shape index (κ1) is 22.4. The molecule has 1 aliphatic rings. The van der Waals surface area contributed by atoms with Gasteiger partial charge >= 0.3 is 13.2 Å². The van der Waals surface area contributed by atoms with Crippen LogP contribution in [0.25, 0.3) is 0 Å². The van der Waals surface area contributed by atoms with Gasteiger partial charge < -0.3 is 28.8 Å². The van der Waals surface area contributed by atoms with Crippen LogP contribution in [0.1, 0.15) is 48.5 Å². The van der Waals surface area contributed by atoms with Crippen molar-refractivity contribution in [2.24, 2.45) is 0 Å². The predicted molar refractivity (Wildman–Crippen MR) is 108 cm³/mol. The fourth-order valence-electron chi connectivity index (χ4n) is 2.56. The lowest BCUT2D eigenvalue weighted by molar-refractivity contribution is 0.00578. The molecule has 0 aromatic heterocycles. The van der Waals surface area contributed by atoms with Gasteiger partial charge in [0.05, 0.1) is 24.9 Å². The molecular formula is C20H32BNO6. The van der Waals surface area contributed by atoms with E-state index in [2.05, 4.69) is 5.32 Å². The average molecular weight is 393 g/mol. The smallest absolute Gasteiger partial charge is 0.493 e. The summed E-state index contributed by atoms with van der Waals surface area (Å²) in [6.45, 7) is 14.1. The third-order valence-electron chi connectivity index (χ3n) is 4.74. The molecule has 28 heavy (non-hydrogen) atoms. The predicted octanol–water partition coefficient (Wildman–Crippen LogP) is 2.90. The molecule has 0 bridgehead atoms. The Labute approximate surface area is 168 Å². The zero-order chi connectivity index (χ0) is 21.2. The molecule has 8 heteroatoms. The molecule has 1 saturated heterocycles. The van der Waals surface area contributed by atoms with Crippen LogP contribution < -0.4 is 20.3 Å². The van der Waals surface area contributed by atoms with Gasteiger partial charge in [0, 0.05) is 0 Å². The van der Waals surface area contributed by atoms with Crippen molar-refractivity contribution in [3.8, 4) is 11.5 Å². The van der Waals surface area contributed by atoms with Gasteiger partial charge in [0.15, 0.2) is 11.5 Å². The van der Waals surface area contributed by atoms with E-state index in [1.165, 1.54) is 0 Å². The number of carbonyl (C=O) groups excluding carboxylic acids is 1. The third-order valence-corrected chi connectivity index (χ3v) is 4.74. The van der Waals surface area contributed by atoms with Crippen molar-refractivity contribution < 1.29 is 28.3 Å². The molecule has 1 heterocycles. The maximum absolute atomic E-state index is 11.7. The fraction of sp³-hybridized carbons (Fsp3) is 0.650. The van der Waals surface area contributed by atoms with Crippen molar-refractivity contribution in [3.05, 3.63) is 18.2 Å². The second-order valence-corrected chi connectivity index (χ2v) is 8.78. The minimum atomic E-state index is -0.536. The number of alkyl carbamates (subject to hydrolysis) is 1. The van der Waals surface area contributed by atoms with Crippen LogP contribution in [-0.2, 0) is 14.0 Å². The third kappa shape index (κ3) is 5.55. The normalized spacial score (nSPS) is 17.9. The Balaban J connectivity index is 1.99. The summed E-state index contributed by atoms with van der Waals surface area (Å²) in [6, 6.07) is 5.55. The number of methoxy groups -OCH3 is 1. The van der Waals surface area contributed by atoms with E-state index in [9.17, 15) is 4.79 Å². The molecule has 0 unspecified atom stereocenters. The average Bonchev–Trinajstić information content (AvgIpc) is 2.77. The van der Waals surface area contributed by atoms with Gasteiger partial charge in [0.25, 0.3) is 0 Å². The highest BCUT2D eigenvalue weighted by atomic mass is 16.7. The highest BCUT2D eigenvalue weighted by Gasteiger charge is 2.51. The molecule has 1 aromatic rings. The molecule has 0 radical (unpaired) electrons. The van der Waals surface area contributed by atoms with Crippen molar-refractivity contribution in [2.75, 3.05) is 20.3 Å². The minimum absolute atomic E-state index is 0.266. The molecule has 1 aromatic carbocycles. The van der Waals surface area contributed by atoms with Gasteiger partial charge in [-0.15, -0.1) is 0 Å². The van der Waals surface area contributed by atoms with Crippen LogP contribution in [0, 0.1) is 0 Å². The first-order valence-corrected chi connectivity index (χ1v) is 9.48. The highest BCUT2D eigenvalue weighted by molar-refractivity contribution is 6.62. The fourth-order valence-corrected chi connectivity index (χ4v) is 2.56. The van der Waals surface area contributed by atoms with Gasteiger partial charge in [-0.2, -0.15) is 0 Å². The van der Waals surface area contributed by atoms with Crippen LogP contribution in [0.2, 0.25) is 0 Å². The lowest BCUT2D eigenvalue weighted by atomic mass is 9.79. The topological polar surface area (TPSA) is 75.3 Å². The first-order chi connectivity index (χ1) is 12.8. The van der Waals surface area contributed by atoms with Gasteiger partial charge in [-0.3, -0.25) is 0 Å². The molecule has 7 nitrogen and oxygen atoms in total. The molecule has 0 atom stereocenters. The standard InChI is InChI=1S/C20H32BNO6/c1-18(2,3)26-17(23)22-11-12-25-16-13-14(9-10-15(16)24-8)21-27-19(4,5)20(6,7)28-21/h9-10,13H,11-12H2,1-8H3,(H,22,23). The lowest BCUT2D eigenvalue weighted by Gasteiger charge is -2.32. The van der Waals surface area contributed by atoms with Gasteiger partial charge in [-0.1, -0.05) is 6.07 Å². The Hall–Kier alpha value is -1.93. The first-order valence-electron chi connectivity index (χ1n) is 9.48. The molecule has 2 rings (SSSR count). The van der Waals surface area contributed by atoms with E-state index in [-0.39, 0.29) is 6.61 Å². The summed E-state index contributed by atoms with van der Waals surface area (Å²) in [5, 5.41) is 2.66. The summed E-state index contributed by atoms with van der Waals surface area (Å²) in [7, 11) is 1.09. The van der Waals surface area contributed by atoms with Crippen molar-refractivity contribution in [1.82, 2.24) is 5.32 Å². The van der Waals surface area contributed by atoms with Crippen LogP contribution in [0.4, 0.5) is 4.79 Å². The zero-order valence-electron chi connectivity index (χ0n) is 18.2. The summed E-state index contributed by atoms with van der Waals surface area (Å²) in [4.78, 5) is 11.7. The minimum Gasteiger partial charge on any atom is -0.493 e. The molecule has 0 aliphatic carbocycles. The van der Waals surface area contributed by atoms with E-state index in [1.807, 2.05) is 66.7 Å². The van der Waals surface area contributed by atoms with Crippen LogP contribution in [0.5, 0.6) is 11.5 Å². The zero-order valence-corrected chi connectivity index (χ0v) is 18.2. The summed E-state index contributed by atoms with van der Waals surface area (Å²) in [5.74, 6) is 1.15. The van der Waals surface area contributed by atoms with E-state index in [4.69, 9.17) is 23.5 Å². The number of hydrogen-bond donors (Lipinski definition) is 1. The number of nitrogens with one attached hydrogen (secondary N) is 1. The Bertz CT molecular complexity index is 682. The van der Waals surface area contributed by atoms with Crippen molar-refractivity contribution >= 4 is 18.7 Å². The second kappa shape index (κ2) is 8.21. The molecule has 0 spiro atoms. The number of carbonyl (C=O) groups is 1. The molecule has 156 valence electrons. The van der Waals surface area contributed by atoms with E-state index in [1.54, 1.807) is 7.11 Å². The molecule has 1 N–H and O–H groups in total. The maximum atomic E-state index is 11.7. The highest BCUT2D eigenvalue weighted by Crippen LogP contribution is 2.37. The molecule has 1 amide bonds. The summed E-state index contributed by atoms with van der Waals surface area (Å²) in [6.07, 6.45) is -0.478. The monoisotopic (exact) mass is 393 g/mol. The van der Waals surface area contributed by atoms with Crippen molar-refractivity contribution in [2.45, 2.75) is 65.3 Å². The van der Waals surface area contributed by atoms with Crippen LogP contribution >= 0.6 is 0 Å². The summed E-state index contributed by atoms with van der Waals surface area (Å²) < 4.78 is 28.6. The Morgan fingerprint density at radius 1 is 1.11 bits per heavy atom.